The highest BCUT2D eigenvalue weighted by molar-refractivity contribution is 7.99. The molecule has 46 heavy (non-hydrogen) atoms. The monoisotopic (exact) mass is 660 g/mol. The van der Waals surface area contributed by atoms with Crippen molar-refractivity contribution in [2.45, 2.75) is 95.8 Å². The lowest BCUT2D eigenvalue weighted by atomic mass is 10.1. The van der Waals surface area contributed by atoms with E-state index in [9.17, 15) is 0 Å². The first-order valence-corrected chi connectivity index (χ1v) is 20.2. The van der Waals surface area contributed by atoms with Crippen LogP contribution in [0.5, 0.6) is 0 Å². The first-order chi connectivity index (χ1) is 22.7. The van der Waals surface area contributed by atoms with Crippen LogP contribution in [0.3, 0.4) is 0 Å². The summed E-state index contributed by atoms with van der Waals surface area (Å²) in [4.78, 5) is 7.05. The minimum Gasteiger partial charge on any atom is -0.134 e. The normalized spacial score (nSPS) is 11.6. The number of hydrogen-bond donors (Lipinski definition) is 0. The van der Waals surface area contributed by atoms with Crippen LogP contribution in [0.2, 0.25) is 0 Å². The van der Waals surface area contributed by atoms with Crippen LogP contribution in [0.1, 0.15) is 89.5 Å². The number of hydrogen-bond acceptors (Lipinski definition) is 3. The Labute approximate surface area is 289 Å². The first-order valence-electron chi connectivity index (χ1n) is 17.6. The lowest BCUT2D eigenvalue weighted by Gasteiger charge is -2.05. The molecular weight excluding hydrogens is 613 g/mol. The molecule has 0 fully saturated rings. The van der Waals surface area contributed by atoms with Gasteiger partial charge in [0.25, 0.3) is 0 Å². The topological polar surface area (TPSA) is 0 Å². The average Bonchev–Trinajstić information content (AvgIpc) is 3.69. The second-order valence-electron chi connectivity index (χ2n) is 12.8. The van der Waals surface area contributed by atoms with Crippen molar-refractivity contribution in [2.75, 3.05) is 5.75 Å². The second-order valence-corrected chi connectivity index (χ2v) is 16.0. The van der Waals surface area contributed by atoms with E-state index in [0.29, 0.717) is 0 Å². The highest BCUT2D eigenvalue weighted by Gasteiger charge is 2.18. The Morgan fingerprint density at radius 3 is 1.52 bits per heavy atom. The molecule has 0 nitrogen and oxygen atoms in total. The van der Waals surface area contributed by atoms with Crippen molar-refractivity contribution in [2.24, 2.45) is 0 Å². The molecule has 0 N–H and O–H groups in total. The van der Waals surface area contributed by atoms with Gasteiger partial charge in [-0.15, -0.1) is 34.4 Å². The summed E-state index contributed by atoms with van der Waals surface area (Å²) in [5, 5.41) is 5.22. The summed E-state index contributed by atoms with van der Waals surface area (Å²) in [6, 6.07) is 36.1. The third-order valence-electron chi connectivity index (χ3n) is 9.15. The molecule has 6 rings (SSSR count). The summed E-state index contributed by atoms with van der Waals surface area (Å²) >= 11 is 6.01. The third kappa shape index (κ3) is 8.54. The Morgan fingerprint density at radius 1 is 0.478 bits per heavy atom. The Hall–Kier alpha value is -2.85. The number of benzene rings is 4. The quantitative estimate of drug-likeness (QED) is 0.0693. The molecule has 2 heterocycles. The smallest absolute Gasteiger partial charge is 0.0587 e. The van der Waals surface area contributed by atoms with Crippen molar-refractivity contribution in [3.63, 3.8) is 0 Å². The highest BCUT2D eigenvalue weighted by Crippen LogP contribution is 2.48. The summed E-state index contributed by atoms with van der Waals surface area (Å²) in [6.45, 7) is 4.60. The molecule has 3 heteroatoms. The molecule has 0 saturated heterocycles. The molecule has 0 amide bonds. The molecule has 0 aliphatic carbocycles. The maximum atomic E-state index is 2.48. The van der Waals surface area contributed by atoms with Gasteiger partial charge < -0.3 is 0 Å². The van der Waals surface area contributed by atoms with Gasteiger partial charge in [-0.25, -0.2) is 0 Å². The summed E-state index contributed by atoms with van der Waals surface area (Å²) in [5.74, 6) is 1.19. The van der Waals surface area contributed by atoms with Gasteiger partial charge in [-0.05, 0) is 81.6 Å². The van der Waals surface area contributed by atoms with E-state index in [1.54, 1.807) is 0 Å². The number of unbranched alkanes of at least 4 members (excludes halogenated alkanes) is 11. The molecule has 0 radical (unpaired) electrons. The van der Waals surface area contributed by atoms with Crippen molar-refractivity contribution in [1.29, 1.82) is 0 Å². The minimum atomic E-state index is 1.19. The predicted octanol–water partition coefficient (Wildman–Crippen LogP) is 15.2. The zero-order valence-electron chi connectivity index (χ0n) is 27.7. The highest BCUT2D eigenvalue weighted by atomic mass is 32.2. The minimum absolute atomic E-state index is 1.19. The van der Waals surface area contributed by atoms with Crippen LogP contribution in [0.15, 0.2) is 102 Å². The van der Waals surface area contributed by atoms with Crippen molar-refractivity contribution in [1.82, 2.24) is 0 Å². The molecule has 6 aromatic rings. The molecule has 2 aromatic heterocycles. The lowest BCUT2D eigenvalue weighted by Crippen LogP contribution is -1.84. The van der Waals surface area contributed by atoms with Crippen LogP contribution in [-0.2, 0) is 0 Å². The van der Waals surface area contributed by atoms with Gasteiger partial charge in [0.2, 0.25) is 0 Å². The molecule has 0 bridgehead atoms. The number of rotatable bonds is 17. The van der Waals surface area contributed by atoms with Crippen molar-refractivity contribution >= 4 is 56.0 Å². The maximum Gasteiger partial charge on any atom is 0.0587 e. The Kier molecular flexibility index (Phi) is 12.1. The number of thioether (sulfide) groups is 1. The Morgan fingerprint density at radius 2 is 0.957 bits per heavy atom. The molecule has 0 atom stereocenters. The van der Waals surface area contributed by atoms with Crippen molar-refractivity contribution < 1.29 is 0 Å². The van der Waals surface area contributed by atoms with E-state index < -0.39 is 0 Å². The van der Waals surface area contributed by atoms with Crippen LogP contribution >= 0.6 is 34.4 Å². The average molecular weight is 661 g/mol. The predicted molar refractivity (Wildman–Crippen MR) is 210 cm³/mol. The molecule has 238 valence electrons. The van der Waals surface area contributed by atoms with Gasteiger partial charge in [0.1, 0.15) is 0 Å². The SMILES string of the molecule is CCCCCCCCCCCCCCSc1cc(-c2ccc3ccccc3c2)sc1-c1sc(-c2ccc3ccccc3c2)cc1C. The van der Waals surface area contributed by atoms with Gasteiger partial charge in [-0.1, -0.05) is 150 Å². The first kappa shape index (κ1) is 33.1. The fourth-order valence-electron chi connectivity index (χ4n) is 6.44. The van der Waals surface area contributed by atoms with Gasteiger partial charge in [0, 0.05) is 19.5 Å². The Balaban J connectivity index is 1.14. The molecule has 0 aliphatic heterocycles. The van der Waals surface area contributed by atoms with E-state index in [1.807, 2.05) is 22.7 Å². The number of aryl methyl sites for hydroxylation is 1. The van der Waals surface area contributed by atoms with Crippen molar-refractivity contribution in [3.8, 4) is 30.6 Å². The second kappa shape index (κ2) is 16.8. The van der Waals surface area contributed by atoms with Gasteiger partial charge in [0.05, 0.1) is 4.88 Å². The molecule has 0 spiro atoms. The third-order valence-corrected chi connectivity index (χ3v) is 13.0. The number of fused-ring (bicyclic) bond motifs is 2. The lowest BCUT2D eigenvalue weighted by molar-refractivity contribution is 0.548. The molecule has 0 aliphatic rings. The van der Waals surface area contributed by atoms with E-state index in [0.717, 1.165) is 0 Å². The Bertz CT molecular complexity index is 1840. The molecule has 0 saturated carbocycles. The zero-order valence-corrected chi connectivity index (χ0v) is 30.1. The standard InChI is InChI=1S/C43H48S3/c1-3-4-5-6-7-8-9-10-11-12-13-18-27-44-41-31-40(38-26-24-34-20-15-17-22-36(34)30-38)46-43(41)42-32(2)28-39(45-42)37-25-23-33-19-14-16-21-35(33)29-37/h14-17,19-26,28-31H,3-13,18,27H2,1-2H3. The van der Waals surface area contributed by atoms with Crippen LogP contribution in [-0.4, -0.2) is 5.75 Å². The van der Waals surface area contributed by atoms with E-state index in [2.05, 4.69) is 123 Å². The van der Waals surface area contributed by atoms with Gasteiger partial charge in [-0.2, -0.15) is 0 Å². The van der Waals surface area contributed by atoms with Crippen LogP contribution in [0.25, 0.3) is 52.2 Å². The van der Waals surface area contributed by atoms with Gasteiger partial charge >= 0.3 is 0 Å². The fourth-order valence-corrected chi connectivity index (χ4v) is 10.3. The summed E-state index contributed by atoms with van der Waals surface area (Å²) < 4.78 is 0. The summed E-state index contributed by atoms with van der Waals surface area (Å²) in [5.41, 5.74) is 4.02. The van der Waals surface area contributed by atoms with Crippen LogP contribution in [0, 0.1) is 6.92 Å². The molecular formula is C43H48S3. The van der Waals surface area contributed by atoms with E-state index >= 15 is 0 Å². The van der Waals surface area contributed by atoms with Crippen LogP contribution < -0.4 is 0 Å². The summed E-state index contributed by atoms with van der Waals surface area (Å²) in [7, 11) is 0. The number of thiophene rings is 2. The maximum absolute atomic E-state index is 2.48. The summed E-state index contributed by atoms with van der Waals surface area (Å²) in [6.07, 6.45) is 16.8. The fraction of sp³-hybridized carbons (Fsp3) is 0.349. The van der Waals surface area contributed by atoms with Gasteiger partial charge in [0.15, 0.2) is 0 Å². The van der Waals surface area contributed by atoms with Crippen LogP contribution in [0.4, 0.5) is 0 Å². The van der Waals surface area contributed by atoms with E-state index in [4.69, 9.17) is 0 Å². The largest absolute Gasteiger partial charge is 0.134 e. The van der Waals surface area contributed by atoms with E-state index in [1.165, 1.54) is 145 Å². The van der Waals surface area contributed by atoms with Crippen molar-refractivity contribution in [3.05, 3.63) is 103 Å². The van der Waals surface area contributed by atoms with Gasteiger partial charge in [-0.3, -0.25) is 0 Å². The molecule has 0 unspecified atom stereocenters. The van der Waals surface area contributed by atoms with E-state index in [-0.39, 0.29) is 0 Å². The molecule has 4 aromatic carbocycles. The zero-order chi connectivity index (χ0) is 31.6.